The maximum atomic E-state index is 10.6. The first kappa shape index (κ1) is 12.2. The monoisotopic (exact) mass is 189 g/mol. The molecule has 4 nitrogen and oxygen atoms in total. The third-order valence-corrected chi connectivity index (χ3v) is 1.86. The van der Waals surface area contributed by atoms with E-state index in [-0.39, 0.29) is 0 Å². The van der Waals surface area contributed by atoms with E-state index in [0.717, 1.165) is 19.3 Å². The molecule has 0 aliphatic heterocycles. The van der Waals surface area contributed by atoms with Gasteiger partial charge in [-0.15, -0.1) is 0 Å². The second-order valence-corrected chi connectivity index (χ2v) is 3.41. The lowest BCUT2D eigenvalue weighted by Gasteiger charge is -2.27. The predicted octanol–water partition coefficient (Wildman–Crippen LogP) is 1.68. The van der Waals surface area contributed by atoms with E-state index < -0.39 is 11.7 Å². The van der Waals surface area contributed by atoms with Crippen LogP contribution in [0.2, 0.25) is 0 Å². The highest BCUT2D eigenvalue weighted by molar-refractivity contribution is 5.65. The fraction of sp³-hybridized carbons (Fsp3) is 0.889. The topological polar surface area (TPSA) is 61.6 Å². The molecule has 0 radical (unpaired) electrons. The van der Waals surface area contributed by atoms with Gasteiger partial charge >= 0.3 is 6.09 Å². The average molecular weight is 189 g/mol. The smallest absolute Gasteiger partial charge is 0.405 e. The van der Waals surface area contributed by atoms with Crippen molar-refractivity contribution in [3.05, 3.63) is 0 Å². The van der Waals surface area contributed by atoms with E-state index >= 15 is 0 Å². The van der Waals surface area contributed by atoms with Crippen LogP contribution < -0.4 is 5.73 Å². The Morgan fingerprint density at radius 3 is 2.54 bits per heavy atom. The van der Waals surface area contributed by atoms with Crippen molar-refractivity contribution in [1.82, 2.24) is 0 Å². The van der Waals surface area contributed by atoms with Gasteiger partial charge in [0.2, 0.25) is 0 Å². The Hall–Kier alpha value is -0.770. The zero-order valence-electron chi connectivity index (χ0n) is 8.63. The SMILES string of the molecule is CCCCC(C)(COC)OC(N)=O. The van der Waals surface area contributed by atoms with Crippen LogP contribution in [-0.2, 0) is 9.47 Å². The first-order chi connectivity index (χ1) is 6.04. The Morgan fingerprint density at radius 1 is 1.54 bits per heavy atom. The van der Waals surface area contributed by atoms with Gasteiger partial charge in [0.15, 0.2) is 0 Å². The van der Waals surface area contributed by atoms with E-state index in [1.54, 1.807) is 7.11 Å². The molecular formula is C9H19NO3. The number of amides is 1. The summed E-state index contributed by atoms with van der Waals surface area (Å²) in [6, 6.07) is 0. The molecule has 0 aromatic rings. The van der Waals surface area contributed by atoms with E-state index in [2.05, 4.69) is 6.92 Å². The summed E-state index contributed by atoms with van der Waals surface area (Å²) in [5.41, 5.74) is 4.39. The minimum Gasteiger partial charge on any atom is -0.441 e. The number of hydrogen-bond acceptors (Lipinski definition) is 3. The number of unbranched alkanes of at least 4 members (excludes halogenated alkanes) is 1. The molecule has 0 fully saturated rings. The van der Waals surface area contributed by atoms with Gasteiger partial charge in [-0.25, -0.2) is 4.79 Å². The fourth-order valence-electron chi connectivity index (χ4n) is 1.25. The van der Waals surface area contributed by atoms with Gasteiger partial charge in [0, 0.05) is 7.11 Å². The number of ether oxygens (including phenoxy) is 2. The molecule has 0 aliphatic carbocycles. The first-order valence-electron chi connectivity index (χ1n) is 4.51. The Bertz CT molecular complexity index is 161. The van der Waals surface area contributed by atoms with E-state index in [1.165, 1.54) is 0 Å². The molecule has 0 spiro atoms. The normalized spacial score (nSPS) is 15.0. The zero-order chi connectivity index (χ0) is 10.3. The standard InChI is InChI=1S/C9H19NO3/c1-4-5-6-9(2,7-12-3)13-8(10)11/h4-7H2,1-3H3,(H2,10,11). The molecule has 1 amide bonds. The van der Waals surface area contributed by atoms with Crippen molar-refractivity contribution in [3.63, 3.8) is 0 Å². The minimum absolute atomic E-state index is 0.385. The van der Waals surface area contributed by atoms with Crippen LogP contribution in [0.4, 0.5) is 4.79 Å². The molecule has 2 N–H and O–H groups in total. The summed E-state index contributed by atoms with van der Waals surface area (Å²) in [5, 5.41) is 0. The van der Waals surface area contributed by atoms with Crippen LogP contribution >= 0.6 is 0 Å². The number of carbonyl (C=O) groups excluding carboxylic acids is 1. The molecule has 1 unspecified atom stereocenters. The van der Waals surface area contributed by atoms with Gasteiger partial charge in [0.25, 0.3) is 0 Å². The van der Waals surface area contributed by atoms with Crippen molar-refractivity contribution >= 4 is 6.09 Å². The molecule has 0 saturated carbocycles. The zero-order valence-corrected chi connectivity index (χ0v) is 8.63. The molecule has 0 heterocycles. The number of rotatable bonds is 6. The van der Waals surface area contributed by atoms with Gasteiger partial charge < -0.3 is 15.2 Å². The molecule has 13 heavy (non-hydrogen) atoms. The molecule has 0 aliphatic rings. The van der Waals surface area contributed by atoms with Crippen LogP contribution in [0.25, 0.3) is 0 Å². The molecule has 4 heteroatoms. The number of nitrogens with two attached hydrogens (primary N) is 1. The summed E-state index contributed by atoms with van der Waals surface area (Å²) < 4.78 is 9.97. The number of carbonyl (C=O) groups is 1. The van der Waals surface area contributed by atoms with Crippen molar-refractivity contribution in [2.45, 2.75) is 38.7 Å². The van der Waals surface area contributed by atoms with Crippen molar-refractivity contribution in [2.24, 2.45) is 5.73 Å². The fourth-order valence-corrected chi connectivity index (χ4v) is 1.25. The Kier molecular flexibility index (Phi) is 5.46. The second kappa shape index (κ2) is 5.80. The quantitative estimate of drug-likeness (QED) is 0.691. The molecule has 0 aromatic carbocycles. The molecule has 0 aromatic heterocycles. The van der Waals surface area contributed by atoms with Gasteiger partial charge in [-0.1, -0.05) is 13.3 Å². The maximum Gasteiger partial charge on any atom is 0.405 e. The van der Waals surface area contributed by atoms with Crippen molar-refractivity contribution < 1.29 is 14.3 Å². The molecule has 1 atom stereocenters. The van der Waals surface area contributed by atoms with Crippen LogP contribution in [-0.4, -0.2) is 25.4 Å². The second-order valence-electron chi connectivity index (χ2n) is 3.41. The van der Waals surface area contributed by atoms with Gasteiger partial charge in [0.05, 0.1) is 6.61 Å². The van der Waals surface area contributed by atoms with E-state index in [0.29, 0.717) is 6.61 Å². The molecule has 0 bridgehead atoms. The lowest BCUT2D eigenvalue weighted by Crippen LogP contribution is -2.38. The first-order valence-corrected chi connectivity index (χ1v) is 4.51. The lowest BCUT2D eigenvalue weighted by atomic mass is 10.00. The predicted molar refractivity (Wildman–Crippen MR) is 50.5 cm³/mol. The third kappa shape index (κ3) is 5.47. The van der Waals surface area contributed by atoms with Crippen molar-refractivity contribution in [2.75, 3.05) is 13.7 Å². The Morgan fingerprint density at radius 2 is 2.15 bits per heavy atom. The van der Waals surface area contributed by atoms with Crippen LogP contribution in [0, 0.1) is 0 Å². The molecule has 0 rings (SSSR count). The molecule has 78 valence electrons. The summed E-state index contributed by atoms with van der Waals surface area (Å²) in [7, 11) is 1.58. The van der Waals surface area contributed by atoms with Gasteiger partial charge in [0.1, 0.15) is 5.60 Å². The van der Waals surface area contributed by atoms with E-state index in [1.807, 2.05) is 6.92 Å². The van der Waals surface area contributed by atoms with Gasteiger partial charge in [-0.2, -0.15) is 0 Å². The minimum atomic E-state index is -0.740. The highest BCUT2D eigenvalue weighted by Gasteiger charge is 2.27. The molecule has 0 saturated heterocycles. The molecular weight excluding hydrogens is 170 g/mol. The largest absolute Gasteiger partial charge is 0.441 e. The van der Waals surface area contributed by atoms with Gasteiger partial charge in [-0.05, 0) is 19.8 Å². The van der Waals surface area contributed by atoms with Crippen LogP contribution in [0.15, 0.2) is 0 Å². The average Bonchev–Trinajstić information content (AvgIpc) is 2.00. The maximum absolute atomic E-state index is 10.6. The number of hydrogen-bond donors (Lipinski definition) is 1. The van der Waals surface area contributed by atoms with Crippen molar-refractivity contribution in [3.8, 4) is 0 Å². The lowest BCUT2D eigenvalue weighted by molar-refractivity contribution is -0.0337. The van der Waals surface area contributed by atoms with E-state index in [9.17, 15) is 4.79 Å². The van der Waals surface area contributed by atoms with E-state index in [4.69, 9.17) is 15.2 Å². The van der Waals surface area contributed by atoms with Crippen LogP contribution in [0.5, 0.6) is 0 Å². The number of methoxy groups -OCH3 is 1. The Balaban J connectivity index is 4.06. The summed E-state index contributed by atoms with van der Waals surface area (Å²) in [4.78, 5) is 10.6. The number of primary amides is 1. The van der Waals surface area contributed by atoms with Crippen LogP contribution in [0.3, 0.4) is 0 Å². The van der Waals surface area contributed by atoms with Crippen LogP contribution in [0.1, 0.15) is 33.1 Å². The highest BCUT2D eigenvalue weighted by Crippen LogP contribution is 2.18. The Labute approximate surface area is 79.4 Å². The summed E-state index contributed by atoms with van der Waals surface area (Å²) in [6.45, 7) is 4.30. The summed E-state index contributed by atoms with van der Waals surface area (Å²) in [6.07, 6.45) is 2.09. The highest BCUT2D eigenvalue weighted by atomic mass is 16.6. The summed E-state index contributed by atoms with van der Waals surface area (Å²) >= 11 is 0. The summed E-state index contributed by atoms with van der Waals surface area (Å²) in [5.74, 6) is 0. The third-order valence-electron chi connectivity index (χ3n) is 1.86. The van der Waals surface area contributed by atoms with Crippen molar-refractivity contribution in [1.29, 1.82) is 0 Å². The van der Waals surface area contributed by atoms with Gasteiger partial charge in [-0.3, -0.25) is 0 Å².